The number of aromatic nitrogens is 1. The van der Waals surface area contributed by atoms with Gasteiger partial charge in [-0.1, -0.05) is 54.6 Å². The van der Waals surface area contributed by atoms with E-state index in [0.717, 1.165) is 30.6 Å². The number of hydrogen-bond acceptors (Lipinski definition) is 6. The number of benzene rings is 3. The lowest BCUT2D eigenvalue weighted by Gasteiger charge is -2.35. The molecule has 9 heteroatoms. The average molecular weight is 612 g/mol. The van der Waals surface area contributed by atoms with Gasteiger partial charge in [-0.05, 0) is 73.7 Å². The Morgan fingerprint density at radius 2 is 1.78 bits per heavy atom. The number of carbonyl (C=O) groups excluding carboxylic acids is 1. The number of ether oxygens (including phenoxy) is 2. The molecule has 5 rings (SSSR count). The molecule has 45 heavy (non-hydrogen) atoms. The van der Waals surface area contributed by atoms with Gasteiger partial charge in [-0.25, -0.2) is 9.69 Å². The minimum Gasteiger partial charge on any atom is -0.493 e. The molecule has 1 aromatic heterocycles. The normalized spacial score (nSPS) is 15.9. The van der Waals surface area contributed by atoms with E-state index < -0.39 is 12.0 Å². The predicted octanol–water partition coefficient (Wildman–Crippen LogP) is 5.07. The van der Waals surface area contributed by atoms with E-state index in [9.17, 15) is 15.0 Å². The Kier molecular flexibility index (Phi) is 10.8. The molecule has 1 fully saturated rings. The number of pyridine rings is 1. The molecule has 2 atom stereocenters. The van der Waals surface area contributed by atoms with E-state index >= 15 is 0 Å². The zero-order chi connectivity index (χ0) is 31.6. The van der Waals surface area contributed by atoms with Crippen molar-refractivity contribution in [3.05, 3.63) is 115 Å². The Hall–Kier alpha value is -4.28. The molecule has 1 saturated heterocycles. The van der Waals surface area contributed by atoms with E-state index in [1.165, 1.54) is 16.7 Å². The second-order valence-corrected chi connectivity index (χ2v) is 11.9. The van der Waals surface area contributed by atoms with Gasteiger partial charge in [0.2, 0.25) is 6.41 Å². The van der Waals surface area contributed by atoms with Crippen molar-refractivity contribution in [3.63, 3.8) is 0 Å². The van der Waals surface area contributed by atoms with Gasteiger partial charge in [0.15, 0.2) is 12.4 Å². The molecule has 4 aromatic rings. The summed E-state index contributed by atoms with van der Waals surface area (Å²) in [6.45, 7) is 5.15. The summed E-state index contributed by atoms with van der Waals surface area (Å²) < 4.78 is 13.5. The summed E-state index contributed by atoms with van der Waals surface area (Å²) in [7, 11) is 0. The van der Waals surface area contributed by atoms with Crippen LogP contribution < -0.4 is 19.9 Å². The first-order valence-corrected chi connectivity index (χ1v) is 15.4. The molecule has 2 unspecified atom stereocenters. The van der Waals surface area contributed by atoms with Gasteiger partial charge in [0.05, 0.1) is 18.8 Å². The highest BCUT2D eigenvalue weighted by Crippen LogP contribution is 2.28. The Morgan fingerprint density at radius 3 is 2.56 bits per heavy atom. The fourth-order valence-corrected chi connectivity index (χ4v) is 5.73. The van der Waals surface area contributed by atoms with Gasteiger partial charge in [-0.3, -0.25) is 4.74 Å². The van der Waals surface area contributed by atoms with Crippen LogP contribution in [-0.4, -0.2) is 52.4 Å². The van der Waals surface area contributed by atoms with Crippen LogP contribution in [0.4, 0.5) is 10.5 Å². The summed E-state index contributed by atoms with van der Waals surface area (Å²) in [6, 6.07) is 29.3. The third-order valence-electron chi connectivity index (χ3n) is 7.99. The largest absolute Gasteiger partial charge is 0.493 e. The molecule has 0 radical (unpaired) electrons. The number of likely N-dealkylation sites (tertiary alicyclic amines) is 1. The van der Waals surface area contributed by atoms with Crippen LogP contribution in [0.2, 0.25) is 0 Å². The molecule has 9 nitrogen and oxygen atoms in total. The SMILES string of the molecule is CC(C)(O)C1CCCN1C(O)OC[n+]1cccc(CNC(=O)Nc2ccc(OCCc3ccccc3-c3ccccc3)cc2)c1. The van der Waals surface area contributed by atoms with Crippen molar-refractivity contribution in [1.82, 2.24) is 10.2 Å². The van der Waals surface area contributed by atoms with Crippen molar-refractivity contribution in [2.45, 2.75) is 64.4 Å². The summed E-state index contributed by atoms with van der Waals surface area (Å²) >= 11 is 0. The monoisotopic (exact) mass is 611 g/mol. The van der Waals surface area contributed by atoms with Crippen molar-refractivity contribution < 1.29 is 29.0 Å². The second kappa shape index (κ2) is 15.1. The van der Waals surface area contributed by atoms with E-state index in [4.69, 9.17) is 9.47 Å². The van der Waals surface area contributed by atoms with Crippen LogP contribution in [0.5, 0.6) is 5.75 Å². The van der Waals surface area contributed by atoms with Crippen LogP contribution >= 0.6 is 0 Å². The fraction of sp³-hybridized carbons (Fsp3) is 0.333. The smallest absolute Gasteiger partial charge is 0.319 e. The Bertz CT molecular complexity index is 1520. The number of amides is 2. The predicted molar refractivity (Wildman–Crippen MR) is 173 cm³/mol. The molecule has 236 valence electrons. The van der Waals surface area contributed by atoms with Gasteiger partial charge in [-0.2, -0.15) is 4.57 Å². The molecular weight excluding hydrogens is 568 g/mol. The fourth-order valence-electron chi connectivity index (χ4n) is 5.73. The lowest BCUT2D eigenvalue weighted by Crippen LogP contribution is -2.52. The van der Waals surface area contributed by atoms with Crippen LogP contribution in [-0.2, 0) is 24.4 Å². The number of carbonyl (C=O) groups is 1. The van der Waals surface area contributed by atoms with Gasteiger partial charge in [-0.15, -0.1) is 0 Å². The molecule has 2 amide bonds. The average Bonchev–Trinajstić information content (AvgIpc) is 3.56. The Balaban J connectivity index is 1.05. The Labute approximate surface area is 265 Å². The van der Waals surface area contributed by atoms with E-state index in [-0.39, 0.29) is 18.8 Å². The van der Waals surface area contributed by atoms with E-state index in [2.05, 4.69) is 41.0 Å². The standard InChI is InChI=1S/C36H42N4O5/c1-36(2,43)33-15-9-22-40(33)35(42)45-26-39-21-8-10-27(25-39)24-37-34(41)38-30-16-18-31(19-17-30)44-23-20-29-13-6-7-14-32(29)28-11-4-3-5-12-28/h3-8,10-14,16-19,21,25,33,35,42-43H,9,15,20,22-24,26H2,1-2H3,(H-,37,38,41)/p+1. The van der Waals surface area contributed by atoms with Gasteiger partial charge < -0.3 is 25.6 Å². The summed E-state index contributed by atoms with van der Waals surface area (Å²) in [5.41, 5.74) is 4.24. The number of hydrogen-bond donors (Lipinski definition) is 4. The van der Waals surface area contributed by atoms with Crippen LogP contribution in [0.15, 0.2) is 103 Å². The highest BCUT2D eigenvalue weighted by molar-refractivity contribution is 5.89. The van der Waals surface area contributed by atoms with E-state index in [1.54, 1.807) is 23.3 Å². The van der Waals surface area contributed by atoms with Crippen LogP contribution in [0.25, 0.3) is 11.1 Å². The summed E-state index contributed by atoms with van der Waals surface area (Å²) in [5, 5.41) is 26.7. The first-order valence-electron chi connectivity index (χ1n) is 15.4. The number of aliphatic hydroxyl groups excluding tert-OH is 1. The molecule has 0 saturated carbocycles. The lowest BCUT2D eigenvalue weighted by atomic mass is 9.97. The van der Waals surface area contributed by atoms with Gasteiger partial charge in [0.1, 0.15) is 5.75 Å². The molecule has 1 aliphatic heterocycles. The van der Waals surface area contributed by atoms with E-state index in [0.29, 0.717) is 25.4 Å². The van der Waals surface area contributed by atoms with Crippen LogP contribution in [0.3, 0.4) is 0 Å². The Morgan fingerprint density at radius 1 is 1.02 bits per heavy atom. The molecule has 1 aliphatic rings. The number of urea groups is 1. The molecule has 3 aromatic carbocycles. The zero-order valence-electron chi connectivity index (χ0n) is 25.9. The van der Waals surface area contributed by atoms with Gasteiger partial charge in [0.25, 0.3) is 6.73 Å². The highest BCUT2D eigenvalue weighted by Gasteiger charge is 2.39. The summed E-state index contributed by atoms with van der Waals surface area (Å²) in [5.74, 6) is 0.736. The molecular formula is C36H43N4O5+. The number of nitrogens with one attached hydrogen (secondary N) is 2. The quantitative estimate of drug-likeness (QED) is 0.124. The lowest BCUT2D eigenvalue weighted by molar-refractivity contribution is -0.739. The van der Waals surface area contributed by atoms with Gasteiger partial charge >= 0.3 is 6.03 Å². The molecule has 0 spiro atoms. The number of anilines is 1. The summed E-state index contributed by atoms with van der Waals surface area (Å²) in [6.07, 6.45) is 5.06. The van der Waals surface area contributed by atoms with Gasteiger partial charge in [0, 0.05) is 36.3 Å². The van der Waals surface area contributed by atoms with Crippen LogP contribution in [0.1, 0.15) is 37.8 Å². The topological polar surface area (TPSA) is 107 Å². The maximum absolute atomic E-state index is 12.6. The molecule has 0 aliphatic carbocycles. The van der Waals surface area contributed by atoms with Crippen molar-refractivity contribution in [2.24, 2.45) is 0 Å². The first kappa shape index (κ1) is 32.1. The highest BCUT2D eigenvalue weighted by atomic mass is 16.6. The molecule has 4 N–H and O–H groups in total. The van der Waals surface area contributed by atoms with Crippen molar-refractivity contribution in [3.8, 4) is 16.9 Å². The number of aliphatic hydroxyl groups is 2. The first-order chi connectivity index (χ1) is 21.8. The molecule has 2 heterocycles. The van der Waals surface area contributed by atoms with E-state index in [1.807, 2.05) is 73.1 Å². The van der Waals surface area contributed by atoms with Crippen LogP contribution in [0, 0.1) is 0 Å². The van der Waals surface area contributed by atoms with Crippen molar-refractivity contribution in [1.29, 1.82) is 0 Å². The van der Waals surface area contributed by atoms with Crippen molar-refractivity contribution >= 4 is 11.7 Å². The molecule has 0 bridgehead atoms. The minimum absolute atomic E-state index is 0.129. The maximum Gasteiger partial charge on any atom is 0.319 e. The number of nitrogens with zero attached hydrogens (tertiary/aromatic N) is 2. The third-order valence-corrected chi connectivity index (χ3v) is 7.99. The second-order valence-electron chi connectivity index (χ2n) is 11.9. The zero-order valence-corrected chi connectivity index (χ0v) is 25.9. The third kappa shape index (κ3) is 9.12. The number of rotatable bonds is 13. The minimum atomic E-state index is -1.11. The maximum atomic E-state index is 12.6. The summed E-state index contributed by atoms with van der Waals surface area (Å²) in [4.78, 5) is 14.4. The van der Waals surface area contributed by atoms with Crippen molar-refractivity contribution in [2.75, 3.05) is 18.5 Å².